The summed E-state index contributed by atoms with van der Waals surface area (Å²) < 4.78 is 54.7. The average molecular weight is 626 g/mol. The fourth-order valence-corrected chi connectivity index (χ4v) is 5.82. The number of nitrogens with two attached hydrogens (primary N) is 1. The first-order valence-electron chi connectivity index (χ1n) is 13.9. The molecule has 1 aromatic carbocycles. The number of aromatic nitrogens is 3. The number of nitrogens with one attached hydrogen (secondary N) is 1. The second kappa shape index (κ2) is 12.2. The molecule has 0 saturated carbocycles. The average Bonchev–Trinajstić information content (AvgIpc) is 3.72. The van der Waals surface area contributed by atoms with Crippen molar-refractivity contribution in [1.82, 2.24) is 14.8 Å². The lowest BCUT2D eigenvalue weighted by atomic mass is 9.99. The van der Waals surface area contributed by atoms with Gasteiger partial charge in [0.05, 0.1) is 11.9 Å². The number of thiophene rings is 1. The number of carbonyl (C=O) groups is 2. The number of alkyl halides is 3. The monoisotopic (exact) mass is 625 g/mol. The Bertz CT molecular complexity index is 1840. The van der Waals surface area contributed by atoms with Gasteiger partial charge in [-0.2, -0.15) is 18.3 Å². The SMILES string of the molecule is CCC(C)c1ccc(OCc2ccc(C(=O)Nc3c(C(N)=O)sc4nc(C(F)(F)F)cc(-c5cnn(CC)c5C)c34)o2)cc1. The van der Waals surface area contributed by atoms with E-state index < -0.39 is 23.7 Å². The Hall–Kier alpha value is -4.65. The Balaban J connectivity index is 1.47. The molecule has 0 fully saturated rings. The highest BCUT2D eigenvalue weighted by molar-refractivity contribution is 7.21. The number of halogens is 3. The van der Waals surface area contributed by atoms with Gasteiger partial charge in [-0.05, 0) is 67.6 Å². The minimum atomic E-state index is -4.76. The molecular weight excluding hydrogens is 595 g/mol. The summed E-state index contributed by atoms with van der Waals surface area (Å²) in [7, 11) is 0. The van der Waals surface area contributed by atoms with Gasteiger partial charge in [-0.3, -0.25) is 14.3 Å². The maximum absolute atomic E-state index is 13.9. The lowest BCUT2D eigenvalue weighted by Crippen LogP contribution is -2.16. The summed E-state index contributed by atoms with van der Waals surface area (Å²) in [6.07, 6.45) is -2.30. The molecule has 5 aromatic rings. The normalized spacial score (nSPS) is 12.4. The highest BCUT2D eigenvalue weighted by Crippen LogP contribution is 2.44. The summed E-state index contributed by atoms with van der Waals surface area (Å²) >= 11 is 0.663. The molecule has 0 aliphatic rings. The number of primary amides is 1. The third-order valence-electron chi connectivity index (χ3n) is 7.44. The molecule has 230 valence electrons. The van der Waals surface area contributed by atoms with E-state index in [1.165, 1.54) is 17.8 Å². The maximum Gasteiger partial charge on any atom is 0.433 e. The van der Waals surface area contributed by atoms with E-state index in [1.54, 1.807) is 17.7 Å². The van der Waals surface area contributed by atoms with Crippen molar-refractivity contribution < 1.29 is 31.9 Å². The highest BCUT2D eigenvalue weighted by atomic mass is 32.1. The van der Waals surface area contributed by atoms with Gasteiger partial charge in [0.1, 0.15) is 33.5 Å². The van der Waals surface area contributed by atoms with Crippen LogP contribution in [0.3, 0.4) is 0 Å². The molecule has 4 heterocycles. The molecule has 2 amide bonds. The third kappa shape index (κ3) is 6.05. The second-order valence-corrected chi connectivity index (χ2v) is 11.2. The van der Waals surface area contributed by atoms with Crippen molar-refractivity contribution in [2.24, 2.45) is 5.73 Å². The standard InChI is InChI=1S/C31H30F3N5O4S/c1-5-16(3)18-7-9-19(10-8-18)42-15-20-11-12-23(43-20)29(41)38-26-25-21(22-14-36-39(6-2)17(22)4)13-24(31(32,33)34)37-30(25)44-27(26)28(35)40/h7-14,16H,5-6,15H2,1-4H3,(H2,35,40)(H,38,41). The summed E-state index contributed by atoms with van der Waals surface area (Å²) in [6, 6.07) is 11.6. The lowest BCUT2D eigenvalue weighted by molar-refractivity contribution is -0.140. The van der Waals surface area contributed by atoms with Crippen LogP contribution in [0.15, 0.2) is 53.1 Å². The number of fused-ring (bicyclic) bond motifs is 1. The summed E-state index contributed by atoms with van der Waals surface area (Å²) in [4.78, 5) is 29.3. The van der Waals surface area contributed by atoms with Crippen molar-refractivity contribution in [3.8, 4) is 16.9 Å². The molecule has 0 spiro atoms. The number of anilines is 1. The number of ether oxygens (including phenoxy) is 1. The number of pyridine rings is 1. The van der Waals surface area contributed by atoms with Gasteiger partial charge in [0, 0.05) is 23.2 Å². The van der Waals surface area contributed by atoms with Crippen LogP contribution in [0, 0.1) is 6.92 Å². The van der Waals surface area contributed by atoms with Crippen LogP contribution >= 0.6 is 11.3 Å². The number of hydrogen-bond acceptors (Lipinski definition) is 7. The number of aryl methyl sites for hydroxylation is 1. The van der Waals surface area contributed by atoms with Crippen LogP contribution in [0.5, 0.6) is 5.75 Å². The molecule has 0 bridgehead atoms. The van der Waals surface area contributed by atoms with E-state index in [1.807, 2.05) is 31.2 Å². The third-order valence-corrected chi connectivity index (χ3v) is 8.53. The fourth-order valence-electron chi connectivity index (χ4n) is 4.81. The Morgan fingerprint density at radius 3 is 2.48 bits per heavy atom. The van der Waals surface area contributed by atoms with Crippen LogP contribution in [0.4, 0.5) is 18.9 Å². The van der Waals surface area contributed by atoms with E-state index >= 15 is 0 Å². The van der Waals surface area contributed by atoms with E-state index in [0.29, 0.717) is 46.6 Å². The van der Waals surface area contributed by atoms with E-state index in [4.69, 9.17) is 14.9 Å². The Morgan fingerprint density at radius 2 is 1.86 bits per heavy atom. The van der Waals surface area contributed by atoms with Gasteiger partial charge < -0.3 is 20.2 Å². The van der Waals surface area contributed by atoms with E-state index in [-0.39, 0.29) is 38.7 Å². The number of furan rings is 1. The first-order valence-corrected chi connectivity index (χ1v) is 14.7. The predicted octanol–water partition coefficient (Wildman–Crippen LogP) is 7.54. The van der Waals surface area contributed by atoms with Crippen molar-refractivity contribution in [3.05, 3.63) is 82.0 Å². The van der Waals surface area contributed by atoms with Crippen molar-refractivity contribution in [1.29, 1.82) is 0 Å². The van der Waals surface area contributed by atoms with Crippen molar-refractivity contribution in [3.63, 3.8) is 0 Å². The van der Waals surface area contributed by atoms with Crippen LogP contribution in [0.2, 0.25) is 0 Å². The molecule has 0 saturated heterocycles. The molecule has 3 N–H and O–H groups in total. The van der Waals surface area contributed by atoms with Crippen LogP contribution in [0.1, 0.15) is 76.0 Å². The topological polar surface area (TPSA) is 125 Å². The molecule has 0 radical (unpaired) electrons. The van der Waals surface area contributed by atoms with E-state index in [0.717, 1.165) is 12.5 Å². The molecule has 1 atom stereocenters. The number of nitrogens with zero attached hydrogens (tertiary/aromatic N) is 3. The summed E-state index contributed by atoms with van der Waals surface area (Å²) in [5, 5.41) is 7.04. The minimum Gasteiger partial charge on any atom is -0.486 e. The van der Waals surface area contributed by atoms with Gasteiger partial charge in [0.2, 0.25) is 0 Å². The molecule has 0 aliphatic heterocycles. The number of amides is 2. The van der Waals surface area contributed by atoms with Crippen LogP contribution in [-0.2, 0) is 19.3 Å². The molecule has 0 aliphatic carbocycles. The lowest BCUT2D eigenvalue weighted by Gasteiger charge is -2.12. The quantitative estimate of drug-likeness (QED) is 0.165. The zero-order valence-corrected chi connectivity index (χ0v) is 25.2. The van der Waals surface area contributed by atoms with Crippen molar-refractivity contribution in [2.75, 3.05) is 5.32 Å². The zero-order valence-electron chi connectivity index (χ0n) is 24.4. The number of rotatable bonds is 10. The van der Waals surface area contributed by atoms with Crippen molar-refractivity contribution >= 4 is 39.1 Å². The highest BCUT2D eigenvalue weighted by Gasteiger charge is 2.35. The number of hydrogen-bond donors (Lipinski definition) is 2. The van der Waals surface area contributed by atoms with Gasteiger partial charge in [-0.15, -0.1) is 11.3 Å². The van der Waals surface area contributed by atoms with Crippen molar-refractivity contribution in [2.45, 2.75) is 59.4 Å². The molecular formula is C31H30F3N5O4S. The first-order chi connectivity index (χ1) is 20.9. The first kappa shape index (κ1) is 30.8. The maximum atomic E-state index is 13.9. The minimum absolute atomic E-state index is 0.0544. The Labute approximate surface area is 254 Å². The summed E-state index contributed by atoms with van der Waals surface area (Å²) in [6.45, 7) is 8.38. The van der Waals surface area contributed by atoms with Crippen LogP contribution in [-0.4, -0.2) is 26.6 Å². The summed E-state index contributed by atoms with van der Waals surface area (Å²) in [5.41, 5.74) is 6.70. The molecule has 5 rings (SSSR count). The largest absolute Gasteiger partial charge is 0.486 e. The molecule has 13 heteroatoms. The van der Waals surface area contributed by atoms with Gasteiger partial charge in [0.25, 0.3) is 11.8 Å². The predicted molar refractivity (Wildman–Crippen MR) is 161 cm³/mol. The van der Waals surface area contributed by atoms with Gasteiger partial charge in [-0.25, -0.2) is 4.98 Å². The van der Waals surface area contributed by atoms with Gasteiger partial charge in [0.15, 0.2) is 5.76 Å². The Morgan fingerprint density at radius 1 is 1.14 bits per heavy atom. The van der Waals surface area contributed by atoms with Crippen LogP contribution in [0.25, 0.3) is 21.3 Å². The van der Waals surface area contributed by atoms with E-state index in [9.17, 15) is 22.8 Å². The molecule has 4 aromatic heterocycles. The second-order valence-electron chi connectivity index (χ2n) is 10.2. The zero-order chi connectivity index (χ0) is 31.8. The van der Waals surface area contributed by atoms with Gasteiger partial charge >= 0.3 is 6.18 Å². The van der Waals surface area contributed by atoms with Crippen LogP contribution < -0.4 is 15.8 Å². The smallest absolute Gasteiger partial charge is 0.433 e. The molecule has 1 unspecified atom stereocenters. The van der Waals surface area contributed by atoms with Gasteiger partial charge in [-0.1, -0.05) is 26.0 Å². The number of benzene rings is 1. The molecule has 9 nitrogen and oxygen atoms in total. The number of carbonyl (C=O) groups excluding carboxylic acids is 2. The molecule has 44 heavy (non-hydrogen) atoms. The summed E-state index contributed by atoms with van der Waals surface area (Å²) in [5.74, 6) is -0.328. The van der Waals surface area contributed by atoms with E-state index in [2.05, 4.69) is 29.2 Å². The fraction of sp³-hybridized carbons (Fsp3) is 0.290. The Kier molecular flexibility index (Phi) is 8.51.